The van der Waals surface area contributed by atoms with Crippen molar-refractivity contribution in [3.05, 3.63) is 18.1 Å². The lowest BCUT2D eigenvalue weighted by Gasteiger charge is -2.41. The molecule has 0 N–H and O–H groups in total. The molecular weight excluding hydrogens is 459 g/mol. The van der Waals surface area contributed by atoms with Gasteiger partial charge in [-0.05, 0) is 57.9 Å². The van der Waals surface area contributed by atoms with Gasteiger partial charge in [0.2, 0.25) is 5.60 Å². The summed E-state index contributed by atoms with van der Waals surface area (Å²) in [4.78, 5) is 25.5. The molecule has 1 amide bonds. The molecule has 1 aliphatic heterocycles. The van der Waals surface area contributed by atoms with E-state index in [9.17, 15) is 18.0 Å². The summed E-state index contributed by atoms with van der Waals surface area (Å²) in [7, 11) is 0. The molecule has 1 atom stereocenters. The minimum absolute atomic E-state index is 0.131. The van der Waals surface area contributed by atoms with E-state index in [1.165, 1.54) is 55.4 Å². The maximum absolute atomic E-state index is 13.2. The molecule has 7 nitrogen and oxygen atoms in total. The summed E-state index contributed by atoms with van der Waals surface area (Å²) in [5, 5.41) is 1.10. The first-order chi connectivity index (χ1) is 16.6. The van der Waals surface area contributed by atoms with Crippen molar-refractivity contribution < 1.29 is 22.7 Å². The van der Waals surface area contributed by atoms with E-state index in [-0.39, 0.29) is 19.1 Å². The van der Waals surface area contributed by atoms with Gasteiger partial charge >= 0.3 is 12.3 Å². The number of halogens is 3. The standard InChI is InChI=1S/C25H34F3N5O2/c1-16-13-31(23(34)35-24(2,3)25(26,27)28)11-12-32(16)21-20-19(17-9-10-17)14-33(22(20)30-15-29-21)18-7-5-4-6-8-18/h14-18H,4-13H2,1-3H3/t16-/m0/s1. The Labute approximate surface area is 203 Å². The number of fused-ring (bicyclic) bond motifs is 1. The molecule has 2 saturated carbocycles. The third-order valence-electron chi connectivity index (χ3n) is 7.79. The van der Waals surface area contributed by atoms with Crippen molar-refractivity contribution in [3.8, 4) is 0 Å². The molecule has 3 heterocycles. The number of rotatable bonds is 4. The van der Waals surface area contributed by atoms with Crippen molar-refractivity contribution >= 4 is 22.9 Å². The molecule has 3 fully saturated rings. The molecule has 0 radical (unpaired) electrons. The van der Waals surface area contributed by atoms with Crippen LogP contribution < -0.4 is 4.90 Å². The van der Waals surface area contributed by atoms with Crippen LogP contribution in [0.25, 0.3) is 11.0 Å². The summed E-state index contributed by atoms with van der Waals surface area (Å²) in [6, 6.07) is 0.330. The van der Waals surface area contributed by atoms with Crippen molar-refractivity contribution in [2.24, 2.45) is 0 Å². The van der Waals surface area contributed by atoms with Gasteiger partial charge in [0.1, 0.15) is 17.8 Å². The smallest absolute Gasteiger partial charge is 0.427 e. The second-order valence-electron chi connectivity index (χ2n) is 10.8. The van der Waals surface area contributed by atoms with E-state index in [1.807, 2.05) is 6.92 Å². The highest BCUT2D eigenvalue weighted by Crippen LogP contribution is 2.47. The van der Waals surface area contributed by atoms with Crippen LogP contribution >= 0.6 is 0 Å². The van der Waals surface area contributed by atoms with Gasteiger partial charge in [0.05, 0.1) is 5.39 Å². The van der Waals surface area contributed by atoms with Crippen LogP contribution in [0.2, 0.25) is 0 Å². The molecule has 0 bridgehead atoms. The lowest BCUT2D eigenvalue weighted by atomic mass is 9.95. The molecule has 10 heteroatoms. The minimum Gasteiger partial charge on any atom is -0.434 e. The topological polar surface area (TPSA) is 63.5 Å². The Kier molecular flexibility index (Phi) is 6.12. The number of ether oxygens (including phenoxy) is 1. The fourth-order valence-corrected chi connectivity index (χ4v) is 5.43. The maximum atomic E-state index is 13.2. The molecule has 0 unspecified atom stereocenters. The van der Waals surface area contributed by atoms with Gasteiger partial charge in [0.15, 0.2) is 0 Å². The molecule has 3 aliphatic rings. The van der Waals surface area contributed by atoms with E-state index in [0.717, 1.165) is 30.7 Å². The molecule has 0 aromatic carbocycles. The zero-order valence-electron chi connectivity index (χ0n) is 20.6. The molecule has 1 saturated heterocycles. The molecule has 2 aromatic rings. The second-order valence-corrected chi connectivity index (χ2v) is 10.8. The van der Waals surface area contributed by atoms with Crippen molar-refractivity contribution in [1.29, 1.82) is 0 Å². The van der Waals surface area contributed by atoms with E-state index < -0.39 is 17.9 Å². The number of hydrogen-bond donors (Lipinski definition) is 0. The monoisotopic (exact) mass is 493 g/mol. The van der Waals surface area contributed by atoms with Gasteiger partial charge in [-0.1, -0.05) is 19.3 Å². The number of anilines is 1. The van der Waals surface area contributed by atoms with Crippen LogP contribution in [0.3, 0.4) is 0 Å². The van der Waals surface area contributed by atoms with Gasteiger partial charge < -0.3 is 19.1 Å². The zero-order chi connectivity index (χ0) is 25.0. The van der Waals surface area contributed by atoms with Gasteiger partial charge in [-0.15, -0.1) is 0 Å². The third-order valence-corrected chi connectivity index (χ3v) is 7.79. The minimum atomic E-state index is -4.63. The molecular formula is C25H34F3N5O2. The van der Waals surface area contributed by atoms with Gasteiger partial charge in [0.25, 0.3) is 0 Å². The van der Waals surface area contributed by atoms with Crippen LogP contribution in [-0.2, 0) is 4.74 Å². The Bertz CT molecular complexity index is 1090. The van der Waals surface area contributed by atoms with Crippen LogP contribution in [0.1, 0.15) is 83.2 Å². The van der Waals surface area contributed by atoms with Crippen LogP contribution in [0.5, 0.6) is 0 Å². The Hall–Kier alpha value is -2.52. The van der Waals surface area contributed by atoms with Crippen molar-refractivity contribution in [1.82, 2.24) is 19.4 Å². The fourth-order valence-electron chi connectivity index (χ4n) is 5.43. The number of nitrogens with zero attached hydrogens (tertiary/aromatic N) is 5. The van der Waals surface area contributed by atoms with Crippen LogP contribution in [-0.4, -0.2) is 63.0 Å². The molecule has 35 heavy (non-hydrogen) atoms. The molecule has 5 rings (SSSR count). The van der Waals surface area contributed by atoms with E-state index in [0.29, 0.717) is 18.5 Å². The summed E-state index contributed by atoms with van der Waals surface area (Å²) in [6.07, 6.45) is 6.78. The fraction of sp³-hybridized carbons (Fsp3) is 0.720. The second kappa shape index (κ2) is 8.85. The summed E-state index contributed by atoms with van der Waals surface area (Å²) < 4.78 is 46.8. The third kappa shape index (κ3) is 4.56. The first-order valence-corrected chi connectivity index (χ1v) is 12.7. The number of aromatic nitrogens is 3. The van der Waals surface area contributed by atoms with E-state index in [4.69, 9.17) is 9.72 Å². The molecule has 2 aliphatic carbocycles. The normalized spacial score (nSPS) is 22.6. The maximum Gasteiger partial charge on any atom is 0.427 e. The predicted molar refractivity (Wildman–Crippen MR) is 127 cm³/mol. The van der Waals surface area contributed by atoms with Gasteiger partial charge in [-0.2, -0.15) is 13.2 Å². The Morgan fingerprint density at radius 3 is 2.40 bits per heavy atom. The van der Waals surface area contributed by atoms with Gasteiger partial charge in [-0.3, -0.25) is 0 Å². The highest BCUT2D eigenvalue weighted by molar-refractivity contribution is 5.92. The summed E-state index contributed by atoms with van der Waals surface area (Å²) in [5.41, 5.74) is -0.253. The lowest BCUT2D eigenvalue weighted by molar-refractivity contribution is -0.246. The number of carbonyl (C=O) groups excluding carboxylic acids is 1. The quantitative estimate of drug-likeness (QED) is 0.539. The number of alkyl halides is 3. The number of piperazine rings is 1. The number of hydrogen-bond acceptors (Lipinski definition) is 5. The van der Waals surface area contributed by atoms with Gasteiger partial charge in [-0.25, -0.2) is 14.8 Å². The highest BCUT2D eigenvalue weighted by atomic mass is 19.4. The average molecular weight is 494 g/mol. The number of amides is 1. The van der Waals surface area contributed by atoms with Crippen LogP contribution in [0, 0.1) is 0 Å². The largest absolute Gasteiger partial charge is 0.434 e. The predicted octanol–water partition coefficient (Wildman–Crippen LogP) is 5.80. The highest BCUT2D eigenvalue weighted by Gasteiger charge is 2.51. The van der Waals surface area contributed by atoms with Crippen LogP contribution in [0.15, 0.2) is 12.5 Å². The number of carbonyl (C=O) groups is 1. The SMILES string of the molecule is C[C@H]1CN(C(=O)OC(C)(C)C(F)(F)F)CCN1c1ncnc2c1c(C1CC1)cn2C1CCCCC1. The van der Waals surface area contributed by atoms with Crippen molar-refractivity contribution in [2.75, 3.05) is 24.5 Å². The van der Waals surface area contributed by atoms with E-state index >= 15 is 0 Å². The van der Waals surface area contributed by atoms with Crippen LogP contribution in [0.4, 0.5) is 23.8 Å². The molecule has 192 valence electrons. The summed E-state index contributed by atoms with van der Waals surface area (Å²) in [6.45, 7) is 4.72. The summed E-state index contributed by atoms with van der Waals surface area (Å²) in [5.74, 6) is 1.39. The van der Waals surface area contributed by atoms with E-state index in [1.54, 1.807) is 6.33 Å². The summed E-state index contributed by atoms with van der Waals surface area (Å²) >= 11 is 0. The van der Waals surface area contributed by atoms with E-state index in [2.05, 4.69) is 20.6 Å². The Morgan fingerprint density at radius 2 is 1.77 bits per heavy atom. The van der Waals surface area contributed by atoms with Crippen molar-refractivity contribution in [3.63, 3.8) is 0 Å². The first kappa shape index (κ1) is 24.2. The molecule has 0 spiro atoms. The first-order valence-electron chi connectivity index (χ1n) is 12.7. The van der Waals surface area contributed by atoms with Gasteiger partial charge in [0, 0.05) is 37.9 Å². The Morgan fingerprint density at radius 1 is 1.06 bits per heavy atom. The average Bonchev–Trinajstić information content (AvgIpc) is 3.58. The Balaban J connectivity index is 1.39. The van der Waals surface area contributed by atoms with Crippen molar-refractivity contribution in [2.45, 2.75) is 95.5 Å². The molecule has 2 aromatic heterocycles. The zero-order valence-corrected chi connectivity index (χ0v) is 20.6. The lowest BCUT2D eigenvalue weighted by Crippen LogP contribution is -2.56.